The number of carbonyl (C=O) groups is 2. The fraction of sp³-hybridized carbons (Fsp3) is 0.913. The van der Waals surface area contributed by atoms with Crippen LogP contribution in [-0.4, -0.2) is 12.6 Å². The third kappa shape index (κ3) is 10.2. The molecule has 0 bridgehead atoms. The van der Waals surface area contributed by atoms with Crippen LogP contribution in [0.5, 0.6) is 0 Å². The maximum atomic E-state index is 10.3. The van der Waals surface area contributed by atoms with Gasteiger partial charge < -0.3 is 9.59 Å². The van der Waals surface area contributed by atoms with Gasteiger partial charge in [0.2, 0.25) is 0 Å². The standard InChI is InChI=1S/C23H42O2/c1-2-22-21-23(22,17-13-9-5-3-7-11-15-19-24)18-14-10-6-4-8-12-16-20-25/h19-20,22H,2-18,21H2,1H3. The Hall–Kier alpha value is -0.660. The molecule has 0 aliphatic heterocycles. The van der Waals surface area contributed by atoms with E-state index in [1.807, 2.05) is 0 Å². The molecule has 1 aliphatic carbocycles. The lowest BCUT2D eigenvalue weighted by Gasteiger charge is -2.17. The van der Waals surface area contributed by atoms with Crippen LogP contribution in [-0.2, 0) is 9.59 Å². The van der Waals surface area contributed by atoms with E-state index in [0.29, 0.717) is 5.41 Å². The van der Waals surface area contributed by atoms with E-state index in [1.165, 1.54) is 89.9 Å². The SMILES string of the molecule is CCC1CC1(CCCCCCCCC=O)CCCCCCCCC=O. The summed E-state index contributed by atoms with van der Waals surface area (Å²) in [4.78, 5) is 20.6. The normalized spacial score (nSPS) is 18.2. The van der Waals surface area contributed by atoms with Crippen molar-refractivity contribution in [3.63, 3.8) is 0 Å². The molecule has 1 fully saturated rings. The van der Waals surface area contributed by atoms with Crippen LogP contribution in [0.4, 0.5) is 0 Å². The molecule has 146 valence electrons. The number of carbonyl (C=O) groups excluding carboxylic acids is 2. The van der Waals surface area contributed by atoms with Crippen molar-refractivity contribution in [3.05, 3.63) is 0 Å². The maximum absolute atomic E-state index is 10.3. The molecule has 25 heavy (non-hydrogen) atoms. The lowest BCUT2D eigenvalue weighted by molar-refractivity contribution is -0.108. The highest BCUT2D eigenvalue weighted by Gasteiger charge is 2.50. The number of hydrogen-bond acceptors (Lipinski definition) is 2. The van der Waals surface area contributed by atoms with Crippen molar-refractivity contribution < 1.29 is 9.59 Å². The van der Waals surface area contributed by atoms with Crippen molar-refractivity contribution in [2.45, 2.75) is 122 Å². The van der Waals surface area contributed by atoms with E-state index in [-0.39, 0.29) is 0 Å². The van der Waals surface area contributed by atoms with E-state index in [1.54, 1.807) is 0 Å². The Morgan fingerprint density at radius 3 is 1.44 bits per heavy atom. The first kappa shape index (κ1) is 22.4. The first-order valence-electron chi connectivity index (χ1n) is 11.2. The molecule has 0 saturated heterocycles. The van der Waals surface area contributed by atoms with Gasteiger partial charge in [0.05, 0.1) is 0 Å². The molecule has 0 aromatic heterocycles. The fourth-order valence-corrected chi connectivity index (χ4v) is 4.57. The van der Waals surface area contributed by atoms with Crippen LogP contribution in [0.25, 0.3) is 0 Å². The molecule has 0 radical (unpaired) electrons. The van der Waals surface area contributed by atoms with Gasteiger partial charge in [-0.05, 0) is 43.4 Å². The third-order valence-corrected chi connectivity index (χ3v) is 6.34. The zero-order valence-corrected chi connectivity index (χ0v) is 16.8. The van der Waals surface area contributed by atoms with Gasteiger partial charge in [-0.25, -0.2) is 0 Å². The minimum atomic E-state index is 0.712. The van der Waals surface area contributed by atoms with E-state index in [9.17, 15) is 9.59 Å². The highest BCUT2D eigenvalue weighted by molar-refractivity contribution is 5.49. The molecule has 1 rings (SSSR count). The largest absolute Gasteiger partial charge is 0.303 e. The van der Waals surface area contributed by atoms with Crippen molar-refractivity contribution in [1.82, 2.24) is 0 Å². The van der Waals surface area contributed by atoms with Crippen molar-refractivity contribution in [3.8, 4) is 0 Å². The second-order valence-corrected chi connectivity index (χ2v) is 8.32. The number of hydrogen-bond donors (Lipinski definition) is 0. The van der Waals surface area contributed by atoms with Gasteiger partial charge in [-0.15, -0.1) is 0 Å². The van der Waals surface area contributed by atoms with Crippen molar-refractivity contribution in [1.29, 1.82) is 0 Å². The molecular weight excluding hydrogens is 308 g/mol. The smallest absolute Gasteiger partial charge is 0.119 e. The summed E-state index contributed by atoms with van der Waals surface area (Å²) < 4.78 is 0. The predicted octanol–water partition coefficient (Wildman–Crippen LogP) is 7.04. The first-order chi connectivity index (χ1) is 12.3. The van der Waals surface area contributed by atoms with E-state index < -0.39 is 0 Å². The topological polar surface area (TPSA) is 34.1 Å². The van der Waals surface area contributed by atoms with Crippen molar-refractivity contribution in [2.24, 2.45) is 11.3 Å². The Balaban J connectivity index is 2.02. The second kappa shape index (κ2) is 14.5. The zero-order valence-electron chi connectivity index (χ0n) is 16.8. The van der Waals surface area contributed by atoms with Gasteiger partial charge in [-0.1, -0.05) is 77.6 Å². The molecule has 1 aliphatic rings. The van der Waals surface area contributed by atoms with Gasteiger partial charge in [0.25, 0.3) is 0 Å². The number of aldehydes is 2. The lowest BCUT2D eigenvalue weighted by atomic mass is 9.88. The highest BCUT2D eigenvalue weighted by atomic mass is 16.1. The predicted molar refractivity (Wildman–Crippen MR) is 107 cm³/mol. The summed E-state index contributed by atoms with van der Waals surface area (Å²) in [6, 6.07) is 0. The van der Waals surface area contributed by atoms with E-state index >= 15 is 0 Å². The summed E-state index contributed by atoms with van der Waals surface area (Å²) in [5.41, 5.74) is 0.712. The molecule has 0 amide bonds. The molecule has 0 aromatic rings. The van der Waals surface area contributed by atoms with Crippen LogP contribution in [0.2, 0.25) is 0 Å². The molecule has 1 atom stereocenters. The minimum absolute atomic E-state index is 0.712. The van der Waals surface area contributed by atoms with Crippen LogP contribution < -0.4 is 0 Å². The van der Waals surface area contributed by atoms with Gasteiger partial charge in [-0.2, -0.15) is 0 Å². The van der Waals surface area contributed by atoms with Gasteiger partial charge in [0.1, 0.15) is 12.6 Å². The van der Waals surface area contributed by atoms with E-state index in [0.717, 1.165) is 44.2 Å². The fourth-order valence-electron chi connectivity index (χ4n) is 4.57. The zero-order chi connectivity index (χ0) is 18.2. The quantitative estimate of drug-likeness (QED) is 0.185. The Morgan fingerprint density at radius 2 is 1.08 bits per heavy atom. The molecule has 1 saturated carbocycles. The summed E-state index contributed by atoms with van der Waals surface area (Å²) in [6.45, 7) is 2.37. The highest BCUT2D eigenvalue weighted by Crippen LogP contribution is 2.61. The van der Waals surface area contributed by atoms with Crippen molar-refractivity contribution in [2.75, 3.05) is 0 Å². The Bertz CT molecular complexity index is 313. The summed E-state index contributed by atoms with van der Waals surface area (Å²) in [6.07, 6.45) is 24.9. The van der Waals surface area contributed by atoms with Gasteiger partial charge in [0, 0.05) is 12.8 Å². The Kier molecular flexibility index (Phi) is 13.0. The summed E-state index contributed by atoms with van der Waals surface area (Å²) in [5, 5.41) is 0. The minimum Gasteiger partial charge on any atom is -0.303 e. The number of rotatable bonds is 19. The first-order valence-corrected chi connectivity index (χ1v) is 11.2. The second-order valence-electron chi connectivity index (χ2n) is 8.32. The van der Waals surface area contributed by atoms with E-state index in [2.05, 4.69) is 6.92 Å². The average Bonchev–Trinajstić information content (AvgIpc) is 3.33. The molecule has 2 nitrogen and oxygen atoms in total. The lowest BCUT2D eigenvalue weighted by Crippen LogP contribution is -2.04. The molecule has 0 heterocycles. The maximum Gasteiger partial charge on any atom is 0.119 e. The van der Waals surface area contributed by atoms with Crippen LogP contribution in [0, 0.1) is 11.3 Å². The van der Waals surface area contributed by atoms with E-state index in [4.69, 9.17) is 0 Å². The molecule has 0 spiro atoms. The van der Waals surface area contributed by atoms with Crippen LogP contribution in [0.1, 0.15) is 122 Å². The average molecular weight is 351 g/mol. The molecule has 0 N–H and O–H groups in total. The Morgan fingerprint density at radius 1 is 0.680 bits per heavy atom. The molecule has 0 aromatic carbocycles. The molecule has 2 heteroatoms. The molecule has 1 unspecified atom stereocenters. The summed E-state index contributed by atoms with van der Waals surface area (Å²) in [7, 11) is 0. The van der Waals surface area contributed by atoms with Crippen LogP contribution in [0.3, 0.4) is 0 Å². The van der Waals surface area contributed by atoms with Crippen LogP contribution >= 0.6 is 0 Å². The van der Waals surface area contributed by atoms with Gasteiger partial charge >= 0.3 is 0 Å². The monoisotopic (exact) mass is 350 g/mol. The summed E-state index contributed by atoms with van der Waals surface area (Å²) >= 11 is 0. The summed E-state index contributed by atoms with van der Waals surface area (Å²) in [5.74, 6) is 1.01. The molecular formula is C23H42O2. The number of unbranched alkanes of at least 4 members (excludes halogenated alkanes) is 12. The Labute approximate surface area is 156 Å². The van der Waals surface area contributed by atoms with Gasteiger partial charge in [-0.3, -0.25) is 0 Å². The van der Waals surface area contributed by atoms with Gasteiger partial charge in [0.15, 0.2) is 0 Å². The van der Waals surface area contributed by atoms with Crippen molar-refractivity contribution >= 4 is 12.6 Å². The third-order valence-electron chi connectivity index (χ3n) is 6.34. The van der Waals surface area contributed by atoms with Crippen LogP contribution in [0.15, 0.2) is 0 Å².